The SMILES string of the molecule is CC(C)NC(=O)CC(NC1CC1)C(N)=O. The molecule has 0 spiro atoms. The Morgan fingerprint density at radius 1 is 1.40 bits per heavy atom. The maximum Gasteiger partial charge on any atom is 0.235 e. The molecule has 4 N–H and O–H groups in total. The molecule has 0 heterocycles. The van der Waals surface area contributed by atoms with Crippen molar-refractivity contribution in [2.24, 2.45) is 5.73 Å². The molecule has 1 fully saturated rings. The lowest BCUT2D eigenvalue weighted by Gasteiger charge is -2.15. The highest BCUT2D eigenvalue weighted by Crippen LogP contribution is 2.19. The topological polar surface area (TPSA) is 84.2 Å². The molecular weight excluding hydrogens is 194 g/mol. The fraction of sp³-hybridized carbons (Fsp3) is 0.800. The molecule has 1 aliphatic carbocycles. The minimum Gasteiger partial charge on any atom is -0.368 e. The van der Waals surface area contributed by atoms with Gasteiger partial charge in [-0.1, -0.05) is 0 Å². The Morgan fingerprint density at radius 2 is 2.00 bits per heavy atom. The highest BCUT2D eigenvalue weighted by Gasteiger charge is 2.28. The maximum atomic E-state index is 11.4. The van der Waals surface area contributed by atoms with Gasteiger partial charge in [-0.25, -0.2) is 0 Å². The second-order valence-corrected chi connectivity index (χ2v) is 4.32. The van der Waals surface area contributed by atoms with Crippen molar-refractivity contribution >= 4 is 11.8 Å². The second kappa shape index (κ2) is 5.11. The summed E-state index contributed by atoms with van der Waals surface area (Å²) in [5.74, 6) is -0.595. The van der Waals surface area contributed by atoms with Crippen LogP contribution in [0.25, 0.3) is 0 Å². The highest BCUT2D eigenvalue weighted by atomic mass is 16.2. The third-order valence-corrected chi connectivity index (χ3v) is 2.20. The van der Waals surface area contributed by atoms with Crippen molar-refractivity contribution in [2.75, 3.05) is 0 Å². The van der Waals surface area contributed by atoms with E-state index in [2.05, 4.69) is 10.6 Å². The van der Waals surface area contributed by atoms with Gasteiger partial charge in [-0.15, -0.1) is 0 Å². The van der Waals surface area contributed by atoms with E-state index in [-0.39, 0.29) is 18.4 Å². The molecular formula is C10H19N3O2. The molecule has 1 atom stereocenters. The molecule has 0 radical (unpaired) electrons. The fourth-order valence-corrected chi connectivity index (χ4v) is 1.34. The molecule has 86 valence electrons. The van der Waals surface area contributed by atoms with E-state index in [0.717, 1.165) is 12.8 Å². The predicted octanol–water partition coefficient (Wildman–Crippen LogP) is -0.493. The molecule has 0 aromatic heterocycles. The van der Waals surface area contributed by atoms with Gasteiger partial charge < -0.3 is 16.4 Å². The molecule has 5 nitrogen and oxygen atoms in total. The van der Waals surface area contributed by atoms with Crippen LogP contribution in [0.5, 0.6) is 0 Å². The van der Waals surface area contributed by atoms with Crippen molar-refractivity contribution in [1.82, 2.24) is 10.6 Å². The lowest BCUT2D eigenvalue weighted by Crippen LogP contribution is -2.46. The summed E-state index contributed by atoms with van der Waals surface area (Å²) in [6.07, 6.45) is 2.26. The zero-order chi connectivity index (χ0) is 11.4. The van der Waals surface area contributed by atoms with Crippen LogP contribution in [0.15, 0.2) is 0 Å². The first kappa shape index (κ1) is 12.0. The Balaban J connectivity index is 2.35. The van der Waals surface area contributed by atoms with Crippen molar-refractivity contribution in [2.45, 2.75) is 51.2 Å². The monoisotopic (exact) mass is 213 g/mol. The van der Waals surface area contributed by atoms with Crippen LogP contribution < -0.4 is 16.4 Å². The number of nitrogens with one attached hydrogen (secondary N) is 2. The Labute approximate surface area is 89.8 Å². The predicted molar refractivity (Wildman–Crippen MR) is 57.0 cm³/mol. The van der Waals surface area contributed by atoms with Crippen LogP contribution in [0.4, 0.5) is 0 Å². The Kier molecular flexibility index (Phi) is 4.08. The second-order valence-electron chi connectivity index (χ2n) is 4.32. The van der Waals surface area contributed by atoms with Crippen LogP contribution >= 0.6 is 0 Å². The zero-order valence-electron chi connectivity index (χ0n) is 9.25. The van der Waals surface area contributed by atoms with Crippen LogP contribution in [-0.2, 0) is 9.59 Å². The van der Waals surface area contributed by atoms with E-state index in [1.807, 2.05) is 13.8 Å². The molecule has 2 amide bonds. The lowest BCUT2D eigenvalue weighted by atomic mass is 10.1. The summed E-state index contributed by atoms with van der Waals surface area (Å²) in [5, 5.41) is 5.79. The summed E-state index contributed by atoms with van der Waals surface area (Å²) in [5.41, 5.74) is 5.21. The average molecular weight is 213 g/mol. The molecule has 0 aliphatic heterocycles. The van der Waals surface area contributed by atoms with Gasteiger partial charge in [-0.3, -0.25) is 9.59 Å². The van der Waals surface area contributed by atoms with E-state index >= 15 is 0 Å². The summed E-state index contributed by atoms with van der Waals surface area (Å²) >= 11 is 0. The standard InChI is InChI=1S/C10H19N3O2/c1-6(2)12-9(14)5-8(10(11)15)13-7-3-4-7/h6-8,13H,3-5H2,1-2H3,(H2,11,15)(H,12,14). The fourth-order valence-electron chi connectivity index (χ4n) is 1.34. The number of carbonyl (C=O) groups excluding carboxylic acids is 2. The van der Waals surface area contributed by atoms with Crippen molar-refractivity contribution in [1.29, 1.82) is 0 Å². The minimum absolute atomic E-state index is 0.0898. The first-order chi connectivity index (χ1) is 6.99. The summed E-state index contributed by atoms with van der Waals surface area (Å²) in [4.78, 5) is 22.5. The number of primary amides is 1. The van der Waals surface area contributed by atoms with Gasteiger partial charge in [0.25, 0.3) is 0 Å². The third kappa shape index (κ3) is 4.78. The van der Waals surface area contributed by atoms with Gasteiger partial charge in [0.05, 0.1) is 12.5 Å². The van der Waals surface area contributed by atoms with Crippen LogP contribution in [0.1, 0.15) is 33.1 Å². The normalized spacial score (nSPS) is 17.5. The van der Waals surface area contributed by atoms with Crippen LogP contribution in [0, 0.1) is 0 Å². The van der Waals surface area contributed by atoms with E-state index in [0.29, 0.717) is 6.04 Å². The summed E-state index contributed by atoms with van der Waals surface area (Å²) < 4.78 is 0. The molecule has 0 aromatic rings. The number of hydrogen-bond acceptors (Lipinski definition) is 3. The number of amides is 2. The van der Waals surface area contributed by atoms with Crippen LogP contribution in [-0.4, -0.2) is 29.9 Å². The molecule has 0 aromatic carbocycles. The summed E-state index contributed by atoms with van der Waals surface area (Å²) in [7, 11) is 0. The minimum atomic E-state index is -0.531. The lowest BCUT2D eigenvalue weighted by molar-refractivity contribution is -0.127. The zero-order valence-corrected chi connectivity index (χ0v) is 9.25. The number of hydrogen-bond donors (Lipinski definition) is 3. The number of rotatable bonds is 6. The van der Waals surface area contributed by atoms with Gasteiger partial charge in [0.1, 0.15) is 0 Å². The van der Waals surface area contributed by atoms with Gasteiger partial charge in [-0.2, -0.15) is 0 Å². The van der Waals surface area contributed by atoms with Crippen molar-refractivity contribution < 1.29 is 9.59 Å². The van der Waals surface area contributed by atoms with E-state index in [1.54, 1.807) is 0 Å². The summed E-state index contributed by atoms with van der Waals surface area (Å²) in [6, 6.07) is -0.0717. The molecule has 15 heavy (non-hydrogen) atoms. The molecule has 0 bridgehead atoms. The first-order valence-electron chi connectivity index (χ1n) is 5.33. The van der Waals surface area contributed by atoms with Crippen LogP contribution in [0.3, 0.4) is 0 Å². The molecule has 1 saturated carbocycles. The molecule has 1 rings (SSSR count). The van der Waals surface area contributed by atoms with E-state index in [1.165, 1.54) is 0 Å². The Hall–Kier alpha value is -1.10. The van der Waals surface area contributed by atoms with Gasteiger partial charge in [0, 0.05) is 12.1 Å². The highest BCUT2D eigenvalue weighted by molar-refractivity contribution is 5.87. The van der Waals surface area contributed by atoms with Crippen molar-refractivity contribution in [3.05, 3.63) is 0 Å². The molecule has 5 heteroatoms. The van der Waals surface area contributed by atoms with Crippen LogP contribution in [0.2, 0.25) is 0 Å². The van der Waals surface area contributed by atoms with E-state index < -0.39 is 11.9 Å². The largest absolute Gasteiger partial charge is 0.368 e. The molecule has 1 aliphatic rings. The maximum absolute atomic E-state index is 11.4. The molecule has 0 saturated heterocycles. The Bertz CT molecular complexity index is 249. The average Bonchev–Trinajstić information content (AvgIpc) is 2.85. The first-order valence-corrected chi connectivity index (χ1v) is 5.33. The van der Waals surface area contributed by atoms with Gasteiger partial charge in [0.15, 0.2) is 0 Å². The molecule has 1 unspecified atom stereocenters. The van der Waals surface area contributed by atoms with Crippen molar-refractivity contribution in [3.63, 3.8) is 0 Å². The summed E-state index contributed by atoms with van der Waals surface area (Å²) in [6.45, 7) is 3.76. The quantitative estimate of drug-likeness (QED) is 0.556. The van der Waals surface area contributed by atoms with E-state index in [4.69, 9.17) is 5.73 Å². The van der Waals surface area contributed by atoms with E-state index in [9.17, 15) is 9.59 Å². The van der Waals surface area contributed by atoms with Gasteiger partial charge >= 0.3 is 0 Å². The number of nitrogens with two attached hydrogens (primary N) is 1. The number of carbonyl (C=O) groups is 2. The van der Waals surface area contributed by atoms with Gasteiger partial charge in [-0.05, 0) is 26.7 Å². The third-order valence-electron chi connectivity index (χ3n) is 2.20. The smallest absolute Gasteiger partial charge is 0.235 e. The Morgan fingerprint density at radius 3 is 2.40 bits per heavy atom. The van der Waals surface area contributed by atoms with Crippen molar-refractivity contribution in [3.8, 4) is 0 Å². The van der Waals surface area contributed by atoms with Gasteiger partial charge in [0.2, 0.25) is 11.8 Å².